The van der Waals surface area contributed by atoms with Crippen molar-refractivity contribution in [1.29, 1.82) is 0 Å². The molecule has 1 aromatic rings. The molecule has 1 unspecified atom stereocenters. The summed E-state index contributed by atoms with van der Waals surface area (Å²) < 4.78 is 5.15. The Balaban J connectivity index is 2.94. The van der Waals surface area contributed by atoms with E-state index < -0.39 is 12.1 Å². The molecular formula is C11H12O4. The topological polar surface area (TPSA) is 63.6 Å². The first-order valence-electron chi connectivity index (χ1n) is 4.52. The molecule has 0 aliphatic heterocycles. The molecule has 0 fully saturated rings. The van der Waals surface area contributed by atoms with Gasteiger partial charge in [-0.15, -0.1) is 0 Å². The molecule has 4 nitrogen and oxygen atoms in total. The minimum Gasteiger partial charge on any atom is -0.479 e. The van der Waals surface area contributed by atoms with Crippen molar-refractivity contribution in [1.82, 2.24) is 0 Å². The summed E-state index contributed by atoms with van der Waals surface area (Å²) in [4.78, 5) is 21.8. The van der Waals surface area contributed by atoms with Gasteiger partial charge in [-0.3, -0.25) is 4.79 Å². The van der Waals surface area contributed by atoms with Gasteiger partial charge in [-0.1, -0.05) is 12.1 Å². The first-order chi connectivity index (χ1) is 7.02. The number of Topliss-reactive ketones (excluding diaryl/α,β-unsaturated/α-hetero) is 1. The lowest BCUT2D eigenvalue weighted by molar-refractivity contribution is -0.144. The van der Waals surface area contributed by atoms with Crippen molar-refractivity contribution < 1.29 is 19.4 Å². The monoisotopic (exact) mass is 208 g/mol. The second kappa shape index (κ2) is 4.59. The van der Waals surface area contributed by atoms with Gasteiger partial charge in [-0.25, -0.2) is 4.79 Å². The maximum absolute atomic E-state index is 11.2. The highest BCUT2D eigenvalue weighted by molar-refractivity contribution is 5.96. The number of hydrogen-bond acceptors (Lipinski definition) is 3. The van der Waals surface area contributed by atoms with Crippen LogP contribution in [0, 0.1) is 0 Å². The molecule has 0 aliphatic carbocycles. The van der Waals surface area contributed by atoms with E-state index in [0.717, 1.165) is 0 Å². The van der Waals surface area contributed by atoms with E-state index >= 15 is 0 Å². The van der Waals surface area contributed by atoms with E-state index in [9.17, 15) is 9.59 Å². The molecule has 0 heterocycles. The van der Waals surface area contributed by atoms with Crippen LogP contribution in [0.2, 0.25) is 0 Å². The summed E-state index contributed by atoms with van der Waals surface area (Å²) in [6, 6.07) is 6.58. The van der Waals surface area contributed by atoms with Gasteiger partial charge < -0.3 is 9.84 Å². The number of carbonyl (C=O) groups is 2. The molecular weight excluding hydrogens is 196 g/mol. The van der Waals surface area contributed by atoms with Crippen molar-refractivity contribution in [3.05, 3.63) is 29.8 Å². The van der Waals surface area contributed by atoms with Gasteiger partial charge >= 0.3 is 5.97 Å². The number of rotatable bonds is 4. The van der Waals surface area contributed by atoms with Gasteiger partial charge in [-0.2, -0.15) is 0 Å². The van der Waals surface area contributed by atoms with Gasteiger partial charge in [0.25, 0.3) is 0 Å². The molecule has 80 valence electrons. The van der Waals surface area contributed by atoms with Crippen molar-refractivity contribution in [2.75, 3.05) is 0 Å². The molecule has 0 spiro atoms. The maximum Gasteiger partial charge on any atom is 0.344 e. The molecule has 0 amide bonds. The molecule has 0 aliphatic rings. The summed E-state index contributed by atoms with van der Waals surface area (Å²) in [5, 5.41) is 8.66. The lowest BCUT2D eigenvalue weighted by Gasteiger charge is -2.12. The molecule has 1 rings (SSSR count). The van der Waals surface area contributed by atoms with Crippen molar-refractivity contribution in [3.8, 4) is 5.75 Å². The van der Waals surface area contributed by atoms with Crippen molar-refractivity contribution in [2.45, 2.75) is 20.0 Å². The SMILES string of the molecule is CC(=O)c1ccccc1OC(C)C(=O)O. The average molecular weight is 208 g/mol. The number of para-hydroxylation sites is 1. The van der Waals surface area contributed by atoms with Crippen LogP contribution in [0.5, 0.6) is 5.75 Å². The van der Waals surface area contributed by atoms with Crippen molar-refractivity contribution in [3.63, 3.8) is 0 Å². The maximum atomic E-state index is 11.2. The fourth-order valence-corrected chi connectivity index (χ4v) is 1.10. The normalized spacial score (nSPS) is 11.9. The number of hydrogen-bond donors (Lipinski definition) is 1. The lowest BCUT2D eigenvalue weighted by Crippen LogP contribution is -2.23. The van der Waals surface area contributed by atoms with Crippen LogP contribution in [-0.2, 0) is 4.79 Å². The molecule has 4 heteroatoms. The van der Waals surface area contributed by atoms with Crippen LogP contribution in [0.3, 0.4) is 0 Å². The third kappa shape index (κ3) is 2.80. The molecule has 0 radical (unpaired) electrons. The quantitative estimate of drug-likeness (QED) is 0.765. The zero-order chi connectivity index (χ0) is 11.4. The summed E-state index contributed by atoms with van der Waals surface area (Å²) in [5.41, 5.74) is 0.394. The number of benzene rings is 1. The van der Waals surface area contributed by atoms with E-state index in [1.165, 1.54) is 13.8 Å². The van der Waals surface area contributed by atoms with Gasteiger partial charge in [0.05, 0.1) is 5.56 Å². The largest absolute Gasteiger partial charge is 0.479 e. The second-order valence-electron chi connectivity index (χ2n) is 3.15. The van der Waals surface area contributed by atoms with Gasteiger partial charge in [0.2, 0.25) is 0 Å². The zero-order valence-electron chi connectivity index (χ0n) is 8.56. The number of carbonyl (C=O) groups excluding carboxylic acids is 1. The van der Waals surface area contributed by atoms with Gasteiger partial charge in [-0.05, 0) is 26.0 Å². The molecule has 1 aromatic carbocycles. The fraction of sp³-hybridized carbons (Fsp3) is 0.273. The van der Waals surface area contributed by atoms with Crippen LogP contribution in [0.4, 0.5) is 0 Å². The minimum atomic E-state index is -1.06. The van der Waals surface area contributed by atoms with E-state index in [0.29, 0.717) is 11.3 Å². The van der Waals surface area contributed by atoms with Crippen LogP contribution in [-0.4, -0.2) is 23.0 Å². The Hall–Kier alpha value is -1.84. The van der Waals surface area contributed by atoms with Gasteiger partial charge in [0.1, 0.15) is 5.75 Å². The molecule has 15 heavy (non-hydrogen) atoms. The minimum absolute atomic E-state index is 0.150. The van der Waals surface area contributed by atoms with Crippen LogP contribution in [0.15, 0.2) is 24.3 Å². The zero-order valence-corrected chi connectivity index (χ0v) is 8.56. The summed E-state index contributed by atoms with van der Waals surface area (Å²) in [6.45, 7) is 2.83. The number of carboxylic acids is 1. The number of carboxylic acid groups (broad SMARTS) is 1. The van der Waals surface area contributed by atoms with Crippen LogP contribution in [0.25, 0.3) is 0 Å². The Morgan fingerprint density at radius 2 is 1.93 bits per heavy atom. The Bertz CT molecular complexity index is 384. The predicted molar refractivity (Wildman–Crippen MR) is 54.2 cm³/mol. The predicted octanol–water partition coefficient (Wildman–Crippen LogP) is 1.74. The highest BCUT2D eigenvalue weighted by atomic mass is 16.5. The molecule has 0 bridgehead atoms. The fourth-order valence-electron chi connectivity index (χ4n) is 1.10. The first kappa shape index (κ1) is 11.2. The lowest BCUT2D eigenvalue weighted by atomic mass is 10.1. The summed E-state index contributed by atoms with van der Waals surface area (Å²) in [7, 11) is 0. The highest BCUT2D eigenvalue weighted by Crippen LogP contribution is 2.19. The van der Waals surface area contributed by atoms with Crippen molar-refractivity contribution in [2.24, 2.45) is 0 Å². The number of ether oxygens (including phenoxy) is 1. The Morgan fingerprint density at radius 3 is 2.47 bits per heavy atom. The second-order valence-corrected chi connectivity index (χ2v) is 3.15. The standard InChI is InChI=1S/C11H12O4/c1-7(12)9-5-3-4-6-10(9)15-8(2)11(13)14/h3-6,8H,1-2H3,(H,13,14). The molecule has 0 saturated heterocycles. The Morgan fingerprint density at radius 1 is 1.33 bits per heavy atom. The van der Waals surface area contributed by atoms with E-state index in [1.807, 2.05) is 0 Å². The van der Waals surface area contributed by atoms with E-state index in [2.05, 4.69) is 0 Å². The number of aliphatic carboxylic acids is 1. The Kier molecular flexibility index (Phi) is 3.44. The summed E-state index contributed by atoms with van der Waals surface area (Å²) in [6.07, 6.45) is -0.967. The van der Waals surface area contributed by atoms with Crippen LogP contribution < -0.4 is 4.74 Å². The summed E-state index contributed by atoms with van der Waals surface area (Å²) in [5.74, 6) is -0.906. The Labute approximate surface area is 87.5 Å². The molecule has 0 aromatic heterocycles. The van der Waals surface area contributed by atoms with E-state index in [1.54, 1.807) is 24.3 Å². The van der Waals surface area contributed by atoms with Gasteiger partial charge in [0.15, 0.2) is 11.9 Å². The smallest absolute Gasteiger partial charge is 0.344 e. The van der Waals surface area contributed by atoms with E-state index in [4.69, 9.17) is 9.84 Å². The van der Waals surface area contributed by atoms with Crippen LogP contribution >= 0.6 is 0 Å². The number of ketones is 1. The van der Waals surface area contributed by atoms with Crippen molar-refractivity contribution >= 4 is 11.8 Å². The molecule has 0 saturated carbocycles. The van der Waals surface area contributed by atoms with Gasteiger partial charge in [0, 0.05) is 0 Å². The summed E-state index contributed by atoms with van der Waals surface area (Å²) >= 11 is 0. The molecule has 1 atom stereocenters. The average Bonchev–Trinajstić information content (AvgIpc) is 2.18. The first-order valence-corrected chi connectivity index (χ1v) is 4.52. The van der Waals surface area contributed by atoms with Crippen LogP contribution in [0.1, 0.15) is 24.2 Å². The van der Waals surface area contributed by atoms with E-state index in [-0.39, 0.29) is 5.78 Å². The highest BCUT2D eigenvalue weighted by Gasteiger charge is 2.15. The molecule has 1 N–H and O–H groups in total. The third-order valence-electron chi connectivity index (χ3n) is 1.92. The third-order valence-corrected chi connectivity index (χ3v) is 1.92.